The van der Waals surface area contributed by atoms with Gasteiger partial charge in [-0.3, -0.25) is 0 Å². The van der Waals surface area contributed by atoms with Gasteiger partial charge in [-0.15, -0.1) is 11.3 Å². The summed E-state index contributed by atoms with van der Waals surface area (Å²) in [4.78, 5) is 1.55. The summed E-state index contributed by atoms with van der Waals surface area (Å²) in [6, 6.07) is 2.26. The highest BCUT2D eigenvalue weighted by atomic mass is 32.1. The Morgan fingerprint density at radius 3 is 2.79 bits per heavy atom. The van der Waals surface area contributed by atoms with Crippen LogP contribution in [0.4, 0.5) is 0 Å². The molecule has 1 aromatic rings. The van der Waals surface area contributed by atoms with Gasteiger partial charge < -0.3 is 5.73 Å². The van der Waals surface area contributed by atoms with Crippen molar-refractivity contribution in [3.63, 3.8) is 0 Å². The van der Waals surface area contributed by atoms with Gasteiger partial charge in [0.1, 0.15) is 0 Å². The average molecular weight is 209 g/mol. The first kappa shape index (κ1) is 10.2. The van der Waals surface area contributed by atoms with Crippen molar-refractivity contribution in [1.82, 2.24) is 0 Å². The molecule has 0 saturated heterocycles. The van der Waals surface area contributed by atoms with Gasteiger partial charge in [0.2, 0.25) is 0 Å². The fourth-order valence-corrected chi connectivity index (χ4v) is 2.88. The van der Waals surface area contributed by atoms with E-state index in [1.807, 2.05) is 11.3 Å². The quantitative estimate of drug-likeness (QED) is 0.809. The molecule has 1 saturated carbocycles. The van der Waals surface area contributed by atoms with Crippen LogP contribution in [0.1, 0.15) is 49.5 Å². The van der Waals surface area contributed by atoms with Crippen molar-refractivity contribution in [2.75, 3.05) is 0 Å². The zero-order valence-electron chi connectivity index (χ0n) is 9.05. The summed E-state index contributed by atoms with van der Waals surface area (Å²) in [6.45, 7) is 4.53. The maximum absolute atomic E-state index is 6.09. The van der Waals surface area contributed by atoms with Crippen molar-refractivity contribution in [1.29, 1.82) is 0 Å². The number of hydrogen-bond acceptors (Lipinski definition) is 2. The molecular weight excluding hydrogens is 190 g/mol. The number of hydrogen-bond donors (Lipinski definition) is 1. The molecular formula is C12H19NS. The minimum absolute atomic E-state index is 0.207. The Labute approximate surface area is 90.3 Å². The number of thiophene rings is 1. The fraction of sp³-hybridized carbons (Fsp3) is 0.667. The monoisotopic (exact) mass is 209 g/mol. The molecule has 2 N–H and O–H groups in total. The molecule has 0 aromatic carbocycles. The van der Waals surface area contributed by atoms with Crippen LogP contribution in [0.5, 0.6) is 0 Å². The van der Waals surface area contributed by atoms with E-state index in [0.717, 1.165) is 0 Å². The fourth-order valence-electron chi connectivity index (χ4n) is 1.84. The van der Waals surface area contributed by atoms with E-state index in [-0.39, 0.29) is 5.54 Å². The molecule has 0 aliphatic heterocycles. The molecule has 1 heterocycles. The summed E-state index contributed by atoms with van der Waals surface area (Å²) in [5, 5.41) is 2.21. The van der Waals surface area contributed by atoms with E-state index in [1.54, 1.807) is 4.88 Å². The molecule has 1 nitrogen and oxygen atoms in total. The van der Waals surface area contributed by atoms with Crippen LogP contribution in [-0.2, 0) is 6.42 Å². The Morgan fingerprint density at radius 2 is 2.21 bits per heavy atom. The smallest absolute Gasteiger partial charge is 0.0159 e. The van der Waals surface area contributed by atoms with Gasteiger partial charge in [-0.2, -0.15) is 0 Å². The second-order valence-corrected chi connectivity index (χ2v) is 5.82. The van der Waals surface area contributed by atoms with Gasteiger partial charge in [-0.25, -0.2) is 0 Å². The van der Waals surface area contributed by atoms with Crippen LogP contribution in [0.3, 0.4) is 0 Å². The second kappa shape index (κ2) is 3.67. The summed E-state index contributed by atoms with van der Waals surface area (Å²) >= 11 is 1.89. The van der Waals surface area contributed by atoms with Crippen LogP contribution in [0.15, 0.2) is 11.4 Å². The molecule has 78 valence electrons. The molecule has 1 fully saturated rings. The first-order valence-corrected chi connectivity index (χ1v) is 6.34. The molecule has 0 bridgehead atoms. The molecule has 14 heavy (non-hydrogen) atoms. The maximum atomic E-state index is 6.09. The van der Waals surface area contributed by atoms with E-state index in [0.29, 0.717) is 5.92 Å². The highest BCUT2D eigenvalue weighted by Crippen LogP contribution is 2.38. The lowest BCUT2D eigenvalue weighted by atomic mass is 10.0. The maximum Gasteiger partial charge on any atom is 0.0159 e. The van der Waals surface area contributed by atoms with Crippen molar-refractivity contribution in [2.24, 2.45) is 5.73 Å². The van der Waals surface area contributed by atoms with Crippen LogP contribution >= 0.6 is 11.3 Å². The van der Waals surface area contributed by atoms with Gasteiger partial charge in [-0.05, 0) is 48.6 Å². The van der Waals surface area contributed by atoms with E-state index in [1.165, 1.54) is 31.2 Å². The van der Waals surface area contributed by atoms with E-state index >= 15 is 0 Å². The first-order valence-electron chi connectivity index (χ1n) is 5.46. The summed E-state index contributed by atoms with van der Waals surface area (Å²) in [5.41, 5.74) is 7.83. The summed E-state index contributed by atoms with van der Waals surface area (Å²) in [6.07, 6.45) is 4.82. The van der Waals surface area contributed by atoms with Crippen molar-refractivity contribution >= 4 is 11.3 Å². The predicted molar refractivity (Wildman–Crippen MR) is 62.9 cm³/mol. The highest BCUT2D eigenvalue weighted by Gasteiger charge is 2.37. The van der Waals surface area contributed by atoms with Gasteiger partial charge in [0.25, 0.3) is 0 Å². The van der Waals surface area contributed by atoms with Crippen molar-refractivity contribution < 1.29 is 0 Å². The van der Waals surface area contributed by atoms with E-state index < -0.39 is 0 Å². The Balaban J connectivity index is 1.98. The summed E-state index contributed by atoms with van der Waals surface area (Å²) < 4.78 is 0. The van der Waals surface area contributed by atoms with Gasteiger partial charge >= 0.3 is 0 Å². The van der Waals surface area contributed by atoms with Crippen LogP contribution in [0.25, 0.3) is 0 Å². The molecule has 1 aliphatic carbocycles. The molecule has 1 aromatic heterocycles. The van der Waals surface area contributed by atoms with Crippen LogP contribution < -0.4 is 5.73 Å². The minimum atomic E-state index is 0.207. The summed E-state index contributed by atoms with van der Waals surface area (Å²) in [5.74, 6) is 0.657. The molecule has 0 atom stereocenters. The van der Waals surface area contributed by atoms with Crippen molar-refractivity contribution in [2.45, 2.75) is 51.0 Å². The van der Waals surface area contributed by atoms with Crippen LogP contribution in [0.2, 0.25) is 0 Å². The standard InChI is InChI=1S/C12H19NS/c1-9(2)10-4-8-14-11(10)3-5-12(13)6-7-12/h4,8-9H,3,5-7,13H2,1-2H3. The van der Waals surface area contributed by atoms with Crippen molar-refractivity contribution in [3.8, 4) is 0 Å². The minimum Gasteiger partial charge on any atom is -0.325 e. The third-order valence-electron chi connectivity index (χ3n) is 3.14. The third-order valence-corrected chi connectivity index (χ3v) is 4.14. The first-order chi connectivity index (χ1) is 6.61. The molecule has 0 amide bonds. The van der Waals surface area contributed by atoms with Gasteiger partial charge in [0, 0.05) is 10.4 Å². The highest BCUT2D eigenvalue weighted by molar-refractivity contribution is 7.10. The third kappa shape index (κ3) is 2.18. The Kier molecular flexibility index (Phi) is 2.67. The largest absolute Gasteiger partial charge is 0.325 e. The average Bonchev–Trinajstić information content (AvgIpc) is 2.68. The molecule has 0 spiro atoms. The number of rotatable bonds is 4. The van der Waals surface area contributed by atoms with Gasteiger partial charge in [0.15, 0.2) is 0 Å². The molecule has 2 rings (SSSR count). The normalized spacial score (nSPS) is 18.9. The molecule has 0 radical (unpaired) electrons. The predicted octanol–water partition coefficient (Wildman–Crippen LogP) is 3.30. The van der Waals surface area contributed by atoms with E-state index in [9.17, 15) is 0 Å². The topological polar surface area (TPSA) is 26.0 Å². The zero-order chi connectivity index (χ0) is 10.2. The number of nitrogens with two attached hydrogens (primary N) is 1. The van der Waals surface area contributed by atoms with Gasteiger partial charge in [0.05, 0.1) is 0 Å². The molecule has 1 aliphatic rings. The lowest BCUT2D eigenvalue weighted by Crippen LogP contribution is -2.22. The molecule has 0 unspecified atom stereocenters. The van der Waals surface area contributed by atoms with E-state index in [4.69, 9.17) is 5.73 Å². The van der Waals surface area contributed by atoms with Gasteiger partial charge in [-0.1, -0.05) is 13.8 Å². The zero-order valence-corrected chi connectivity index (χ0v) is 9.86. The Morgan fingerprint density at radius 1 is 1.50 bits per heavy atom. The lowest BCUT2D eigenvalue weighted by molar-refractivity contribution is 0.609. The van der Waals surface area contributed by atoms with Crippen molar-refractivity contribution in [3.05, 3.63) is 21.9 Å². The second-order valence-electron chi connectivity index (χ2n) is 4.82. The SMILES string of the molecule is CC(C)c1ccsc1CCC1(N)CC1. The van der Waals surface area contributed by atoms with E-state index in [2.05, 4.69) is 25.3 Å². The lowest BCUT2D eigenvalue weighted by Gasteiger charge is -2.10. The molecule has 2 heteroatoms. The summed E-state index contributed by atoms with van der Waals surface area (Å²) in [7, 11) is 0. The van der Waals surface area contributed by atoms with Crippen LogP contribution in [-0.4, -0.2) is 5.54 Å². The Bertz CT molecular complexity index is 310. The number of aryl methyl sites for hydroxylation is 1. The van der Waals surface area contributed by atoms with Crippen LogP contribution in [0, 0.1) is 0 Å². The Hall–Kier alpha value is -0.340.